The van der Waals surface area contributed by atoms with Gasteiger partial charge in [-0.3, -0.25) is 4.79 Å². The Morgan fingerprint density at radius 1 is 1.38 bits per heavy atom. The maximum atomic E-state index is 11.4. The largest absolute Gasteiger partial charge is 0.356 e. The lowest BCUT2D eigenvalue weighted by molar-refractivity contribution is -0.128. The number of hydrogen-bond donors (Lipinski definition) is 2. The zero-order chi connectivity index (χ0) is 9.26. The number of rotatable bonds is 3. The highest BCUT2D eigenvalue weighted by Crippen LogP contribution is 2.27. The summed E-state index contributed by atoms with van der Waals surface area (Å²) in [5.41, 5.74) is 5.62. The summed E-state index contributed by atoms with van der Waals surface area (Å²) in [6.45, 7) is 0.893. The average Bonchev–Trinajstić information content (AvgIpc) is 1.95. The molecule has 3 heteroatoms. The van der Waals surface area contributed by atoms with Crippen molar-refractivity contribution in [3.05, 3.63) is 0 Å². The number of carbonyl (C=O) groups excluding carboxylic acids is 1. The van der Waals surface area contributed by atoms with E-state index in [1.807, 2.05) is 0 Å². The molecule has 0 aromatic rings. The molecule has 74 valence electrons. The summed E-state index contributed by atoms with van der Waals surface area (Å²) in [7, 11) is 0. The van der Waals surface area contributed by atoms with Crippen LogP contribution in [-0.4, -0.2) is 18.5 Å². The minimum atomic E-state index is 0.218. The van der Waals surface area contributed by atoms with Crippen molar-refractivity contribution >= 4 is 5.91 Å². The Bertz CT molecular complexity index is 195. The van der Waals surface area contributed by atoms with E-state index in [0.717, 1.165) is 25.3 Å². The third-order valence-corrected chi connectivity index (χ3v) is 3.34. The van der Waals surface area contributed by atoms with Crippen LogP contribution in [-0.2, 0) is 4.79 Å². The summed E-state index contributed by atoms with van der Waals surface area (Å²) < 4.78 is 0. The quantitative estimate of drug-likeness (QED) is 0.673. The highest BCUT2D eigenvalue weighted by Gasteiger charge is 2.32. The summed E-state index contributed by atoms with van der Waals surface area (Å²) in [6.07, 6.45) is 5.71. The fraction of sp³-hybridized carbons (Fsp3) is 0.900. The lowest BCUT2D eigenvalue weighted by Gasteiger charge is -2.32. The lowest BCUT2D eigenvalue weighted by atomic mass is 9.80. The molecule has 0 radical (unpaired) electrons. The molecule has 0 heterocycles. The van der Waals surface area contributed by atoms with Crippen molar-refractivity contribution in [3.63, 3.8) is 0 Å². The number of amides is 1. The van der Waals surface area contributed by atoms with E-state index >= 15 is 0 Å². The van der Waals surface area contributed by atoms with Crippen LogP contribution in [0.3, 0.4) is 0 Å². The van der Waals surface area contributed by atoms with Gasteiger partial charge in [0.1, 0.15) is 0 Å². The molecule has 0 bridgehead atoms. The van der Waals surface area contributed by atoms with E-state index < -0.39 is 0 Å². The van der Waals surface area contributed by atoms with Gasteiger partial charge in [-0.1, -0.05) is 6.42 Å². The Morgan fingerprint density at radius 3 is 2.54 bits per heavy atom. The predicted octanol–water partition coefficient (Wildman–Crippen LogP) is 0.640. The van der Waals surface area contributed by atoms with E-state index in [4.69, 9.17) is 5.73 Å². The normalized spacial score (nSPS) is 33.3. The van der Waals surface area contributed by atoms with Crippen molar-refractivity contribution < 1.29 is 4.79 Å². The second-order valence-electron chi connectivity index (χ2n) is 4.47. The first-order valence-electron chi connectivity index (χ1n) is 5.29. The van der Waals surface area contributed by atoms with Crippen LogP contribution >= 0.6 is 0 Å². The monoisotopic (exact) mass is 182 g/mol. The summed E-state index contributed by atoms with van der Waals surface area (Å²) in [4.78, 5) is 11.4. The molecule has 0 aromatic heterocycles. The van der Waals surface area contributed by atoms with Gasteiger partial charge >= 0.3 is 0 Å². The third-order valence-electron chi connectivity index (χ3n) is 3.34. The summed E-state index contributed by atoms with van der Waals surface area (Å²) in [5.74, 6) is 1.21. The summed E-state index contributed by atoms with van der Waals surface area (Å²) in [6, 6.07) is 0.277. The Balaban J connectivity index is 1.61. The zero-order valence-electron chi connectivity index (χ0n) is 7.96. The minimum Gasteiger partial charge on any atom is -0.356 e. The van der Waals surface area contributed by atoms with Crippen LogP contribution in [0, 0.1) is 11.8 Å². The van der Waals surface area contributed by atoms with Crippen molar-refractivity contribution in [2.24, 2.45) is 17.6 Å². The van der Waals surface area contributed by atoms with E-state index in [2.05, 4.69) is 5.32 Å². The van der Waals surface area contributed by atoms with Gasteiger partial charge in [0.25, 0.3) is 0 Å². The molecule has 2 aliphatic carbocycles. The van der Waals surface area contributed by atoms with E-state index in [0.29, 0.717) is 0 Å². The molecule has 0 aliphatic heterocycles. The summed E-state index contributed by atoms with van der Waals surface area (Å²) >= 11 is 0. The second kappa shape index (κ2) is 3.66. The highest BCUT2D eigenvalue weighted by atomic mass is 16.1. The van der Waals surface area contributed by atoms with Gasteiger partial charge in [0, 0.05) is 18.5 Å². The highest BCUT2D eigenvalue weighted by molar-refractivity contribution is 5.79. The van der Waals surface area contributed by atoms with Crippen molar-refractivity contribution in [1.29, 1.82) is 0 Å². The molecule has 13 heavy (non-hydrogen) atoms. The minimum absolute atomic E-state index is 0.218. The smallest absolute Gasteiger partial charge is 0.223 e. The van der Waals surface area contributed by atoms with Crippen LogP contribution in [0.25, 0.3) is 0 Å². The van der Waals surface area contributed by atoms with Gasteiger partial charge < -0.3 is 11.1 Å². The fourth-order valence-corrected chi connectivity index (χ4v) is 1.96. The number of nitrogens with two attached hydrogens (primary N) is 1. The number of carbonyl (C=O) groups is 1. The molecule has 0 aromatic carbocycles. The van der Waals surface area contributed by atoms with Gasteiger partial charge in [-0.25, -0.2) is 0 Å². The molecule has 0 saturated heterocycles. The van der Waals surface area contributed by atoms with Crippen LogP contribution < -0.4 is 11.1 Å². The molecule has 3 N–H and O–H groups in total. The van der Waals surface area contributed by atoms with Crippen molar-refractivity contribution in [2.75, 3.05) is 6.54 Å². The van der Waals surface area contributed by atoms with Crippen LogP contribution in [0.5, 0.6) is 0 Å². The zero-order valence-corrected chi connectivity index (χ0v) is 7.96. The Kier molecular flexibility index (Phi) is 2.54. The first kappa shape index (κ1) is 9.00. The molecule has 0 atom stereocenters. The van der Waals surface area contributed by atoms with E-state index in [1.165, 1.54) is 19.3 Å². The van der Waals surface area contributed by atoms with Crippen molar-refractivity contribution in [2.45, 2.75) is 38.1 Å². The van der Waals surface area contributed by atoms with Crippen LogP contribution in [0.15, 0.2) is 0 Å². The molecule has 2 aliphatic rings. The lowest BCUT2D eigenvalue weighted by Crippen LogP contribution is -2.46. The number of hydrogen-bond acceptors (Lipinski definition) is 2. The third kappa shape index (κ3) is 2.02. The second-order valence-corrected chi connectivity index (χ2v) is 4.47. The molecule has 2 rings (SSSR count). The van der Waals surface area contributed by atoms with Crippen LogP contribution in [0.4, 0.5) is 0 Å². The molecule has 1 amide bonds. The van der Waals surface area contributed by atoms with Crippen molar-refractivity contribution in [1.82, 2.24) is 5.32 Å². The fourth-order valence-electron chi connectivity index (χ4n) is 1.96. The first-order chi connectivity index (χ1) is 6.25. The Labute approximate surface area is 79.1 Å². The molecule has 0 spiro atoms. The van der Waals surface area contributed by atoms with Gasteiger partial charge in [-0.2, -0.15) is 0 Å². The predicted molar refractivity (Wildman–Crippen MR) is 51.1 cm³/mol. The van der Waals surface area contributed by atoms with Crippen LogP contribution in [0.2, 0.25) is 0 Å². The Hall–Kier alpha value is -0.570. The molecule has 2 fully saturated rings. The van der Waals surface area contributed by atoms with Crippen molar-refractivity contribution in [3.8, 4) is 0 Å². The maximum absolute atomic E-state index is 11.4. The van der Waals surface area contributed by atoms with Gasteiger partial charge in [0.15, 0.2) is 0 Å². The molecular formula is C10H18N2O. The van der Waals surface area contributed by atoms with E-state index in [-0.39, 0.29) is 17.9 Å². The van der Waals surface area contributed by atoms with E-state index in [1.54, 1.807) is 0 Å². The molecule has 3 nitrogen and oxygen atoms in total. The summed E-state index contributed by atoms with van der Waals surface area (Å²) in [5, 5.41) is 3.01. The first-order valence-corrected chi connectivity index (χ1v) is 5.29. The maximum Gasteiger partial charge on any atom is 0.223 e. The molecule has 2 saturated carbocycles. The standard InChI is InChI=1S/C10H18N2O/c11-9-4-8(5-9)10(13)12-6-7-2-1-3-7/h7-9H,1-6,11H2,(H,12,13). The number of nitrogens with one attached hydrogen (secondary N) is 1. The van der Waals surface area contributed by atoms with E-state index in [9.17, 15) is 4.79 Å². The van der Waals surface area contributed by atoms with Gasteiger partial charge in [-0.15, -0.1) is 0 Å². The van der Waals surface area contributed by atoms with Crippen LogP contribution in [0.1, 0.15) is 32.1 Å². The van der Waals surface area contributed by atoms with Gasteiger partial charge in [-0.05, 0) is 31.6 Å². The average molecular weight is 182 g/mol. The molecule has 0 unspecified atom stereocenters. The topological polar surface area (TPSA) is 55.1 Å². The van der Waals surface area contributed by atoms with Gasteiger partial charge in [0.2, 0.25) is 5.91 Å². The Morgan fingerprint density at radius 2 is 2.08 bits per heavy atom. The molecular weight excluding hydrogens is 164 g/mol. The van der Waals surface area contributed by atoms with Gasteiger partial charge in [0.05, 0.1) is 0 Å². The SMILES string of the molecule is NC1CC(C(=O)NCC2CCC2)C1.